The van der Waals surface area contributed by atoms with Crippen molar-refractivity contribution in [2.24, 2.45) is 4.99 Å². The van der Waals surface area contributed by atoms with Crippen LogP contribution in [0, 0.1) is 0 Å². The van der Waals surface area contributed by atoms with Gasteiger partial charge in [0.05, 0.1) is 0 Å². The molecular formula is C19H27BrN4. The summed E-state index contributed by atoms with van der Waals surface area (Å²) >= 11 is 3.53. The summed E-state index contributed by atoms with van der Waals surface area (Å²) in [6.45, 7) is 5.37. The van der Waals surface area contributed by atoms with Crippen molar-refractivity contribution in [2.45, 2.75) is 25.3 Å². The maximum absolute atomic E-state index is 4.48. The Kier molecular flexibility index (Phi) is 6.32. The lowest BCUT2D eigenvalue weighted by Crippen LogP contribution is -2.43. The predicted molar refractivity (Wildman–Crippen MR) is 105 cm³/mol. The van der Waals surface area contributed by atoms with Crippen molar-refractivity contribution in [1.82, 2.24) is 15.1 Å². The lowest BCUT2D eigenvalue weighted by atomic mass is 10.1. The van der Waals surface area contributed by atoms with Gasteiger partial charge in [0, 0.05) is 50.3 Å². The Morgan fingerprint density at radius 3 is 2.92 bits per heavy atom. The zero-order chi connectivity index (χ0) is 16.8. The summed E-state index contributed by atoms with van der Waals surface area (Å²) in [5.41, 5.74) is 1.38. The van der Waals surface area contributed by atoms with Crippen molar-refractivity contribution in [3.63, 3.8) is 0 Å². The largest absolute Gasteiger partial charge is 0.356 e. The molecule has 0 bridgehead atoms. The van der Waals surface area contributed by atoms with Gasteiger partial charge in [-0.1, -0.05) is 40.2 Å². The van der Waals surface area contributed by atoms with Crippen LogP contribution < -0.4 is 5.32 Å². The number of aliphatic imine (C=N–C) groups is 1. The van der Waals surface area contributed by atoms with Gasteiger partial charge in [0.15, 0.2) is 5.96 Å². The zero-order valence-corrected chi connectivity index (χ0v) is 16.0. The Labute approximate surface area is 153 Å². The number of nitrogens with zero attached hydrogens (tertiary/aromatic N) is 3. The van der Waals surface area contributed by atoms with E-state index in [1.165, 1.54) is 12.0 Å². The monoisotopic (exact) mass is 390 g/mol. The zero-order valence-electron chi connectivity index (χ0n) is 14.4. The third-order valence-electron chi connectivity index (χ3n) is 4.85. The second kappa shape index (κ2) is 8.67. The highest BCUT2D eigenvalue weighted by molar-refractivity contribution is 9.10. The van der Waals surface area contributed by atoms with Crippen LogP contribution in [0.2, 0.25) is 0 Å². The van der Waals surface area contributed by atoms with E-state index in [1.54, 1.807) is 0 Å². The highest BCUT2D eigenvalue weighted by Gasteiger charge is 2.29. The Balaban J connectivity index is 1.40. The highest BCUT2D eigenvalue weighted by Crippen LogP contribution is 2.18. The van der Waals surface area contributed by atoms with Crippen LogP contribution in [0.15, 0.2) is 45.9 Å². The molecule has 130 valence electrons. The average molecular weight is 391 g/mol. The Bertz CT molecular complexity index is 591. The molecule has 0 aliphatic carbocycles. The van der Waals surface area contributed by atoms with E-state index in [-0.39, 0.29) is 0 Å². The number of guanidine groups is 1. The SMILES string of the molecule is CN=C(NCCCc1cccc(Br)c1)N1CCC(N2CC=CC2)C1. The van der Waals surface area contributed by atoms with E-state index >= 15 is 0 Å². The minimum absolute atomic E-state index is 0.667. The molecule has 0 spiro atoms. The van der Waals surface area contributed by atoms with E-state index in [2.05, 4.69) is 72.5 Å². The van der Waals surface area contributed by atoms with E-state index in [0.717, 1.165) is 56.0 Å². The van der Waals surface area contributed by atoms with Gasteiger partial charge in [-0.05, 0) is 37.0 Å². The van der Waals surface area contributed by atoms with Crippen molar-refractivity contribution in [2.75, 3.05) is 39.8 Å². The Hall–Kier alpha value is -1.33. The van der Waals surface area contributed by atoms with Crippen LogP contribution in [0.3, 0.4) is 0 Å². The molecule has 1 fully saturated rings. The number of halogens is 1. The summed E-state index contributed by atoms with van der Waals surface area (Å²) in [7, 11) is 1.89. The number of likely N-dealkylation sites (tertiary alicyclic amines) is 1. The fraction of sp³-hybridized carbons (Fsp3) is 0.526. The van der Waals surface area contributed by atoms with Crippen LogP contribution in [0.4, 0.5) is 0 Å². The number of hydrogen-bond donors (Lipinski definition) is 1. The van der Waals surface area contributed by atoms with Crippen LogP contribution in [0.25, 0.3) is 0 Å². The molecule has 24 heavy (non-hydrogen) atoms. The van der Waals surface area contributed by atoms with Gasteiger partial charge in [0.1, 0.15) is 0 Å². The van der Waals surface area contributed by atoms with Gasteiger partial charge < -0.3 is 10.2 Å². The molecule has 1 saturated heterocycles. The Morgan fingerprint density at radius 2 is 2.17 bits per heavy atom. The fourth-order valence-corrected chi connectivity index (χ4v) is 3.99. The van der Waals surface area contributed by atoms with Crippen molar-refractivity contribution in [1.29, 1.82) is 0 Å². The molecule has 4 nitrogen and oxygen atoms in total. The minimum Gasteiger partial charge on any atom is -0.356 e. The molecule has 1 N–H and O–H groups in total. The molecule has 0 aromatic heterocycles. The second-order valence-electron chi connectivity index (χ2n) is 6.52. The summed E-state index contributed by atoms with van der Waals surface area (Å²) in [5, 5.41) is 3.54. The van der Waals surface area contributed by atoms with E-state index < -0.39 is 0 Å². The number of aryl methyl sites for hydroxylation is 1. The van der Waals surface area contributed by atoms with Gasteiger partial charge in [-0.25, -0.2) is 0 Å². The van der Waals surface area contributed by atoms with Crippen LogP contribution in [0.5, 0.6) is 0 Å². The molecule has 1 atom stereocenters. The molecule has 0 saturated carbocycles. The van der Waals surface area contributed by atoms with E-state index in [1.807, 2.05) is 7.05 Å². The molecule has 3 rings (SSSR count). The second-order valence-corrected chi connectivity index (χ2v) is 7.44. The first-order chi connectivity index (χ1) is 11.8. The molecule has 1 aromatic rings. The average Bonchev–Trinajstić information content (AvgIpc) is 3.26. The quantitative estimate of drug-likeness (QED) is 0.363. The highest BCUT2D eigenvalue weighted by atomic mass is 79.9. The fourth-order valence-electron chi connectivity index (χ4n) is 3.54. The molecule has 1 unspecified atom stereocenters. The smallest absolute Gasteiger partial charge is 0.193 e. The summed E-state index contributed by atoms with van der Waals surface area (Å²) < 4.78 is 1.16. The number of nitrogens with one attached hydrogen (secondary N) is 1. The molecule has 2 aliphatic heterocycles. The number of benzene rings is 1. The summed E-state index contributed by atoms with van der Waals surface area (Å²) in [6.07, 6.45) is 7.99. The third-order valence-corrected chi connectivity index (χ3v) is 5.35. The van der Waals surface area contributed by atoms with Crippen molar-refractivity contribution in [3.05, 3.63) is 46.5 Å². The first kappa shape index (κ1) is 17.5. The summed E-state index contributed by atoms with van der Waals surface area (Å²) in [6, 6.07) is 9.23. The van der Waals surface area contributed by atoms with Crippen molar-refractivity contribution < 1.29 is 0 Å². The summed E-state index contributed by atoms with van der Waals surface area (Å²) in [5.74, 6) is 1.05. The van der Waals surface area contributed by atoms with Gasteiger partial charge in [-0.15, -0.1) is 0 Å². The normalized spacial score (nSPS) is 21.7. The standard InChI is InChI=1S/C19H27BrN4/c1-21-19(22-10-5-7-16-6-4-8-17(20)14-16)24-13-9-18(15-24)23-11-2-3-12-23/h2-4,6,8,14,18H,5,7,9-13,15H2,1H3,(H,21,22). The van der Waals surface area contributed by atoms with E-state index in [0.29, 0.717) is 6.04 Å². The number of rotatable bonds is 5. The van der Waals surface area contributed by atoms with E-state index in [9.17, 15) is 0 Å². The van der Waals surface area contributed by atoms with E-state index in [4.69, 9.17) is 0 Å². The third kappa shape index (κ3) is 4.61. The van der Waals surface area contributed by atoms with Crippen LogP contribution in [-0.4, -0.2) is 61.6 Å². The van der Waals surface area contributed by atoms with Crippen molar-refractivity contribution >= 4 is 21.9 Å². The number of hydrogen-bond acceptors (Lipinski definition) is 2. The molecule has 5 heteroatoms. The summed E-state index contributed by atoms with van der Waals surface area (Å²) in [4.78, 5) is 9.44. The first-order valence-electron chi connectivity index (χ1n) is 8.85. The van der Waals surface area contributed by atoms with Gasteiger partial charge >= 0.3 is 0 Å². The van der Waals surface area contributed by atoms with Crippen molar-refractivity contribution in [3.8, 4) is 0 Å². The molecule has 0 radical (unpaired) electrons. The van der Waals surface area contributed by atoms with Crippen LogP contribution >= 0.6 is 15.9 Å². The Morgan fingerprint density at radius 1 is 1.33 bits per heavy atom. The topological polar surface area (TPSA) is 30.9 Å². The minimum atomic E-state index is 0.667. The molecule has 2 heterocycles. The molecule has 0 amide bonds. The predicted octanol–water partition coefficient (Wildman–Crippen LogP) is 2.90. The van der Waals surface area contributed by atoms with Crippen LogP contribution in [0.1, 0.15) is 18.4 Å². The van der Waals surface area contributed by atoms with Gasteiger partial charge in [0.25, 0.3) is 0 Å². The molecular weight excluding hydrogens is 364 g/mol. The van der Waals surface area contributed by atoms with Gasteiger partial charge in [0.2, 0.25) is 0 Å². The maximum Gasteiger partial charge on any atom is 0.193 e. The van der Waals surface area contributed by atoms with Crippen LogP contribution in [-0.2, 0) is 6.42 Å². The van der Waals surface area contributed by atoms with Gasteiger partial charge in [-0.2, -0.15) is 0 Å². The maximum atomic E-state index is 4.48. The lowest BCUT2D eigenvalue weighted by molar-refractivity contribution is 0.259. The first-order valence-corrected chi connectivity index (χ1v) is 9.64. The molecule has 2 aliphatic rings. The van der Waals surface area contributed by atoms with Gasteiger partial charge in [-0.3, -0.25) is 9.89 Å². The lowest BCUT2D eigenvalue weighted by Gasteiger charge is -2.25. The molecule has 1 aromatic carbocycles.